The highest BCUT2D eigenvalue weighted by Crippen LogP contribution is 2.07. The Bertz CT molecular complexity index is 1120. The fourth-order valence-corrected chi connectivity index (χ4v) is 2.45. The monoisotopic (exact) mass is 356 g/mol. The van der Waals surface area contributed by atoms with Gasteiger partial charge in [-0.1, -0.05) is 0 Å². The number of hydrogen-bond acceptors (Lipinski definition) is 6. The summed E-state index contributed by atoms with van der Waals surface area (Å²) in [5.74, 6) is -0.329. The van der Waals surface area contributed by atoms with E-state index in [0.29, 0.717) is 5.56 Å². The van der Waals surface area contributed by atoms with Crippen LogP contribution in [-0.2, 0) is 25.4 Å². The highest BCUT2D eigenvalue weighted by Gasteiger charge is 2.15. The molecule has 0 spiro atoms. The number of nitrogens with one attached hydrogen (secondary N) is 1. The van der Waals surface area contributed by atoms with E-state index in [0.717, 1.165) is 4.57 Å². The van der Waals surface area contributed by atoms with Gasteiger partial charge < -0.3 is 9.67 Å². The molecule has 0 saturated heterocycles. The molecule has 10 nitrogen and oxygen atoms in total. The van der Waals surface area contributed by atoms with Crippen LogP contribution in [0.5, 0.6) is 5.75 Å². The van der Waals surface area contributed by atoms with Gasteiger partial charge in [0, 0.05) is 14.1 Å². The number of aromatic hydroxyl groups is 1. The van der Waals surface area contributed by atoms with E-state index < -0.39 is 17.2 Å². The van der Waals surface area contributed by atoms with Crippen LogP contribution >= 0.6 is 0 Å². The molecule has 0 aliphatic heterocycles. The lowest BCUT2D eigenvalue weighted by atomic mass is 10.2. The van der Waals surface area contributed by atoms with Gasteiger partial charge in [-0.3, -0.25) is 18.7 Å². The molecule has 0 bridgehead atoms. The number of fused-ring (bicyclic) bond motifs is 1. The van der Waals surface area contributed by atoms with Crippen molar-refractivity contribution in [3.63, 3.8) is 0 Å². The van der Waals surface area contributed by atoms with Crippen molar-refractivity contribution in [3.05, 3.63) is 57.0 Å². The number of phenolic OH excluding ortho intramolecular Hbond substituents is 1. The van der Waals surface area contributed by atoms with E-state index in [9.17, 15) is 19.5 Å². The third-order valence-electron chi connectivity index (χ3n) is 3.83. The third-order valence-corrected chi connectivity index (χ3v) is 3.83. The lowest BCUT2D eigenvalue weighted by Gasteiger charge is -2.05. The smallest absolute Gasteiger partial charge is 0.332 e. The van der Waals surface area contributed by atoms with Gasteiger partial charge >= 0.3 is 5.69 Å². The molecule has 0 fully saturated rings. The van der Waals surface area contributed by atoms with Crippen molar-refractivity contribution in [2.24, 2.45) is 19.2 Å². The number of carbonyl (C=O) groups excluding carboxylic acids is 1. The van der Waals surface area contributed by atoms with Gasteiger partial charge in [-0.25, -0.2) is 15.2 Å². The minimum Gasteiger partial charge on any atom is -0.508 e. The first-order valence-corrected chi connectivity index (χ1v) is 7.60. The molecule has 1 aromatic carbocycles. The van der Waals surface area contributed by atoms with Gasteiger partial charge in [0.2, 0.25) is 0 Å². The lowest BCUT2D eigenvalue weighted by molar-refractivity contribution is -0.121. The summed E-state index contributed by atoms with van der Waals surface area (Å²) in [4.78, 5) is 40.3. The molecular formula is C16H16N6O4. The van der Waals surface area contributed by atoms with Crippen molar-refractivity contribution in [1.29, 1.82) is 0 Å². The van der Waals surface area contributed by atoms with E-state index >= 15 is 0 Å². The van der Waals surface area contributed by atoms with Gasteiger partial charge in [-0.05, 0) is 29.8 Å². The quantitative estimate of drug-likeness (QED) is 0.472. The maximum atomic E-state index is 12.3. The van der Waals surface area contributed by atoms with Gasteiger partial charge in [0.15, 0.2) is 11.2 Å². The Balaban J connectivity index is 1.79. The summed E-state index contributed by atoms with van der Waals surface area (Å²) in [7, 11) is 2.87. The van der Waals surface area contributed by atoms with Crippen molar-refractivity contribution in [2.45, 2.75) is 6.54 Å². The second-order valence-electron chi connectivity index (χ2n) is 5.64. The molecule has 0 aliphatic carbocycles. The number of aromatic nitrogens is 4. The number of phenols is 1. The molecule has 0 atom stereocenters. The maximum absolute atomic E-state index is 12.3. The zero-order valence-electron chi connectivity index (χ0n) is 14.1. The zero-order chi connectivity index (χ0) is 18.8. The van der Waals surface area contributed by atoms with Crippen molar-refractivity contribution in [2.75, 3.05) is 0 Å². The fraction of sp³-hybridized carbons (Fsp3) is 0.188. The molecular weight excluding hydrogens is 340 g/mol. The summed E-state index contributed by atoms with van der Waals surface area (Å²) < 4.78 is 3.57. The highest BCUT2D eigenvalue weighted by atomic mass is 16.3. The number of hydrazone groups is 1. The molecule has 26 heavy (non-hydrogen) atoms. The summed E-state index contributed by atoms with van der Waals surface area (Å²) in [5, 5.41) is 13.0. The molecule has 0 saturated carbocycles. The molecule has 2 aromatic heterocycles. The molecule has 0 aliphatic rings. The Hall–Kier alpha value is -3.69. The summed E-state index contributed by atoms with van der Waals surface area (Å²) >= 11 is 0. The number of hydrogen-bond donors (Lipinski definition) is 2. The second kappa shape index (κ2) is 6.67. The van der Waals surface area contributed by atoms with Crippen LogP contribution in [-0.4, -0.2) is 35.9 Å². The Morgan fingerprint density at radius 1 is 1.23 bits per heavy atom. The first-order valence-electron chi connectivity index (χ1n) is 7.60. The average Bonchev–Trinajstić information content (AvgIpc) is 3.03. The molecule has 0 radical (unpaired) electrons. The van der Waals surface area contributed by atoms with Crippen LogP contribution in [0.25, 0.3) is 11.2 Å². The molecule has 2 N–H and O–H groups in total. The van der Waals surface area contributed by atoms with E-state index in [1.54, 1.807) is 12.1 Å². The SMILES string of the molecule is Cn1c(=O)c2c(ncn2CC(=O)N/N=C/c2ccc(O)cc2)n(C)c1=O. The van der Waals surface area contributed by atoms with Crippen molar-refractivity contribution in [1.82, 2.24) is 24.1 Å². The van der Waals surface area contributed by atoms with Crippen LogP contribution in [0.15, 0.2) is 45.3 Å². The largest absolute Gasteiger partial charge is 0.508 e. The van der Waals surface area contributed by atoms with Crippen LogP contribution in [0.2, 0.25) is 0 Å². The second-order valence-corrected chi connectivity index (χ2v) is 5.64. The standard InChI is InChI=1S/C16H16N6O4/c1-20-14-13(15(25)21(2)16(20)26)22(9-17-14)8-12(24)19-18-7-10-3-5-11(23)6-4-10/h3-7,9,23H,8H2,1-2H3,(H,19,24)/b18-7+. The molecule has 3 aromatic rings. The summed E-state index contributed by atoms with van der Waals surface area (Å²) in [6.07, 6.45) is 2.75. The number of benzene rings is 1. The van der Waals surface area contributed by atoms with Crippen LogP contribution in [0.3, 0.4) is 0 Å². The predicted octanol–water partition coefficient (Wildman–Crippen LogP) is -0.710. The van der Waals surface area contributed by atoms with Crippen LogP contribution in [0.1, 0.15) is 5.56 Å². The average molecular weight is 356 g/mol. The number of rotatable bonds is 4. The van der Waals surface area contributed by atoms with E-state index in [4.69, 9.17) is 0 Å². The topological polar surface area (TPSA) is 124 Å². The number of imidazole rings is 1. The minimum absolute atomic E-state index is 0.133. The van der Waals surface area contributed by atoms with Gasteiger partial charge in [-0.15, -0.1) is 0 Å². The number of nitrogens with zero attached hydrogens (tertiary/aromatic N) is 5. The number of amides is 1. The van der Waals surface area contributed by atoms with Gasteiger partial charge in [0.05, 0.1) is 12.5 Å². The Labute approximate surface area is 146 Å². The van der Waals surface area contributed by atoms with Crippen LogP contribution in [0, 0.1) is 0 Å². The first-order chi connectivity index (χ1) is 12.4. The summed E-state index contributed by atoms with van der Waals surface area (Å²) in [6, 6.07) is 6.28. The summed E-state index contributed by atoms with van der Waals surface area (Å²) in [5.41, 5.74) is 2.39. The number of carbonyl (C=O) groups is 1. The van der Waals surface area contributed by atoms with E-state index in [2.05, 4.69) is 15.5 Å². The van der Waals surface area contributed by atoms with E-state index in [1.807, 2.05) is 0 Å². The molecule has 134 valence electrons. The zero-order valence-corrected chi connectivity index (χ0v) is 14.1. The molecule has 0 unspecified atom stereocenters. The van der Waals surface area contributed by atoms with Crippen LogP contribution in [0.4, 0.5) is 0 Å². The summed E-state index contributed by atoms with van der Waals surface area (Å²) in [6.45, 7) is -0.184. The molecule has 1 amide bonds. The maximum Gasteiger partial charge on any atom is 0.332 e. The number of aryl methyl sites for hydroxylation is 1. The van der Waals surface area contributed by atoms with Crippen molar-refractivity contribution in [3.8, 4) is 5.75 Å². The first kappa shape index (κ1) is 17.1. The fourth-order valence-electron chi connectivity index (χ4n) is 2.45. The van der Waals surface area contributed by atoms with Gasteiger partial charge in [0.25, 0.3) is 11.5 Å². The Morgan fingerprint density at radius 2 is 1.92 bits per heavy atom. The Morgan fingerprint density at radius 3 is 2.62 bits per heavy atom. The molecule has 10 heteroatoms. The normalized spacial score (nSPS) is 11.3. The van der Waals surface area contributed by atoms with E-state index in [-0.39, 0.29) is 23.5 Å². The molecule has 2 heterocycles. The van der Waals surface area contributed by atoms with Gasteiger partial charge in [0.1, 0.15) is 12.3 Å². The van der Waals surface area contributed by atoms with Crippen molar-refractivity contribution >= 4 is 23.3 Å². The van der Waals surface area contributed by atoms with Gasteiger partial charge in [-0.2, -0.15) is 5.10 Å². The Kier molecular flexibility index (Phi) is 4.40. The highest BCUT2D eigenvalue weighted by molar-refractivity contribution is 5.83. The third kappa shape index (κ3) is 3.11. The molecule has 3 rings (SSSR count). The lowest BCUT2D eigenvalue weighted by Crippen LogP contribution is -2.38. The van der Waals surface area contributed by atoms with E-state index in [1.165, 1.54) is 47.9 Å². The van der Waals surface area contributed by atoms with Crippen LogP contribution < -0.4 is 16.7 Å². The minimum atomic E-state index is -0.527. The van der Waals surface area contributed by atoms with Crippen molar-refractivity contribution < 1.29 is 9.90 Å². The predicted molar refractivity (Wildman–Crippen MR) is 94.1 cm³/mol.